The summed E-state index contributed by atoms with van der Waals surface area (Å²) in [5.74, 6) is 0.00222. The molecule has 5 heteroatoms. The number of hydrogen-bond acceptors (Lipinski definition) is 3. The van der Waals surface area contributed by atoms with Crippen LogP contribution in [0.25, 0.3) is 0 Å². The van der Waals surface area contributed by atoms with Gasteiger partial charge in [-0.3, -0.25) is 0 Å². The van der Waals surface area contributed by atoms with E-state index in [1.807, 2.05) is 19.9 Å². The number of nitrogens with one attached hydrogen (secondary N) is 1. The second-order valence-electron chi connectivity index (χ2n) is 4.40. The van der Waals surface area contributed by atoms with Crippen LogP contribution in [0.2, 0.25) is 0 Å². The standard InChI is InChI=1S/C12H19NO3S/c1-10(2)12(8-14)13-17(15,16)9-11-6-4-3-5-7-11/h3-7,10,12-14H,8-9H2,1-2H3. The number of benzene rings is 1. The van der Waals surface area contributed by atoms with Crippen LogP contribution in [-0.4, -0.2) is 26.2 Å². The average Bonchev–Trinajstić information content (AvgIpc) is 2.26. The second-order valence-corrected chi connectivity index (χ2v) is 6.15. The van der Waals surface area contributed by atoms with E-state index in [0.29, 0.717) is 0 Å². The summed E-state index contributed by atoms with van der Waals surface area (Å²) in [5, 5.41) is 9.10. The van der Waals surface area contributed by atoms with Gasteiger partial charge in [0, 0.05) is 6.04 Å². The molecular weight excluding hydrogens is 238 g/mol. The van der Waals surface area contributed by atoms with Crippen molar-refractivity contribution in [3.05, 3.63) is 35.9 Å². The molecule has 0 spiro atoms. The molecule has 0 aliphatic rings. The Morgan fingerprint density at radius 3 is 2.29 bits per heavy atom. The lowest BCUT2D eigenvalue weighted by Crippen LogP contribution is -2.41. The van der Waals surface area contributed by atoms with E-state index >= 15 is 0 Å². The van der Waals surface area contributed by atoms with Crippen LogP contribution in [0.15, 0.2) is 30.3 Å². The molecule has 0 aliphatic carbocycles. The van der Waals surface area contributed by atoms with Crippen LogP contribution in [-0.2, 0) is 15.8 Å². The minimum Gasteiger partial charge on any atom is -0.395 e. The van der Waals surface area contributed by atoms with Crippen molar-refractivity contribution in [2.24, 2.45) is 5.92 Å². The monoisotopic (exact) mass is 257 g/mol. The van der Waals surface area contributed by atoms with Crippen molar-refractivity contribution in [3.63, 3.8) is 0 Å². The maximum Gasteiger partial charge on any atom is 0.216 e. The van der Waals surface area contributed by atoms with E-state index in [9.17, 15) is 8.42 Å². The van der Waals surface area contributed by atoms with E-state index < -0.39 is 16.1 Å². The number of rotatable bonds is 6. The second kappa shape index (κ2) is 6.14. The number of aliphatic hydroxyl groups is 1. The van der Waals surface area contributed by atoms with Gasteiger partial charge in [0.1, 0.15) is 0 Å². The van der Waals surface area contributed by atoms with Gasteiger partial charge in [-0.25, -0.2) is 13.1 Å². The molecule has 1 aromatic rings. The Hall–Kier alpha value is -0.910. The van der Waals surface area contributed by atoms with Crippen molar-refractivity contribution in [2.75, 3.05) is 6.61 Å². The molecule has 0 aromatic heterocycles. The highest BCUT2D eigenvalue weighted by molar-refractivity contribution is 7.88. The largest absolute Gasteiger partial charge is 0.395 e. The van der Waals surface area contributed by atoms with E-state index in [2.05, 4.69) is 4.72 Å². The molecule has 2 N–H and O–H groups in total. The number of aliphatic hydroxyl groups excluding tert-OH is 1. The molecule has 0 bridgehead atoms. The van der Waals surface area contributed by atoms with Gasteiger partial charge in [-0.1, -0.05) is 44.2 Å². The topological polar surface area (TPSA) is 66.4 Å². The van der Waals surface area contributed by atoms with Gasteiger partial charge in [0.2, 0.25) is 10.0 Å². The van der Waals surface area contributed by atoms with Crippen molar-refractivity contribution in [1.82, 2.24) is 4.72 Å². The summed E-state index contributed by atoms with van der Waals surface area (Å²) < 4.78 is 26.2. The Morgan fingerprint density at radius 1 is 1.24 bits per heavy atom. The minimum atomic E-state index is -3.40. The Labute approximate surface area is 103 Å². The fourth-order valence-corrected chi connectivity index (χ4v) is 2.97. The molecule has 0 saturated carbocycles. The van der Waals surface area contributed by atoms with Crippen LogP contribution < -0.4 is 4.72 Å². The van der Waals surface area contributed by atoms with Gasteiger partial charge in [-0.2, -0.15) is 0 Å². The van der Waals surface area contributed by atoms with Gasteiger partial charge < -0.3 is 5.11 Å². The summed E-state index contributed by atoms with van der Waals surface area (Å²) >= 11 is 0. The third kappa shape index (κ3) is 4.85. The predicted molar refractivity (Wildman–Crippen MR) is 67.9 cm³/mol. The zero-order valence-corrected chi connectivity index (χ0v) is 10.9. The first-order chi connectivity index (χ1) is 7.94. The lowest BCUT2D eigenvalue weighted by atomic mass is 10.1. The first-order valence-electron chi connectivity index (χ1n) is 5.59. The summed E-state index contributed by atoms with van der Waals surface area (Å²) in [6, 6.07) is 8.55. The number of hydrogen-bond donors (Lipinski definition) is 2. The highest BCUT2D eigenvalue weighted by Crippen LogP contribution is 2.07. The quantitative estimate of drug-likeness (QED) is 0.802. The van der Waals surface area contributed by atoms with Gasteiger partial charge in [-0.05, 0) is 11.5 Å². The maximum absolute atomic E-state index is 11.9. The lowest BCUT2D eigenvalue weighted by Gasteiger charge is -2.19. The van der Waals surface area contributed by atoms with Crippen molar-refractivity contribution >= 4 is 10.0 Å². The van der Waals surface area contributed by atoms with E-state index in [-0.39, 0.29) is 18.3 Å². The van der Waals surface area contributed by atoms with Crippen molar-refractivity contribution < 1.29 is 13.5 Å². The van der Waals surface area contributed by atoms with Crippen LogP contribution >= 0.6 is 0 Å². The Kier molecular flexibility index (Phi) is 5.11. The Balaban J connectivity index is 2.70. The molecule has 0 heterocycles. The van der Waals surface area contributed by atoms with Crippen molar-refractivity contribution in [2.45, 2.75) is 25.6 Å². The molecule has 0 amide bonds. The van der Waals surface area contributed by atoms with E-state index in [1.165, 1.54) is 0 Å². The van der Waals surface area contributed by atoms with Crippen LogP contribution in [0.1, 0.15) is 19.4 Å². The van der Waals surface area contributed by atoms with Crippen LogP contribution in [0.3, 0.4) is 0 Å². The maximum atomic E-state index is 11.9. The first-order valence-corrected chi connectivity index (χ1v) is 7.24. The van der Waals surface area contributed by atoms with Crippen LogP contribution in [0.5, 0.6) is 0 Å². The molecular formula is C12H19NO3S. The van der Waals surface area contributed by atoms with Crippen molar-refractivity contribution in [1.29, 1.82) is 0 Å². The molecule has 96 valence electrons. The lowest BCUT2D eigenvalue weighted by molar-refractivity contribution is 0.227. The first kappa shape index (κ1) is 14.2. The molecule has 4 nitrogen and oxygen atoms in total. The fraction of sp³-hybridized carbons (Fsp3) is 0.500. The molecule has 0 aliphatic heterocycles. The Morgan fingerprint density at radius 2 is 1.82 bits per heavy atom. The summed E-state index contributed by atoms with van der Waals surface area (Å²) in [6.45, 7) is 3.55. The summed E-state index contributed by atoms with van der Waals surface area (Å²) in [7, 11) is -3.40. The average molecular weight is 257 g/mol. The van der Waals surface area contributed by atoms with Crippen LogP contribution in [0.4, 0.5) is 0 Å². The zero-order chi connectivity index (χ0) is 12.9. The van der Waals surface area contributed by atoms with Gasteiger partial charge in [0.05, 0.1) is 12.4 Å². The van der Waals surface area contributed by atoms with E-state index in [1.54, 1.807) is 24.3 Å². The number of sulfonamides is 1. The summed E-state index contributed by atoms with van der Waals surface area (Å²) in [4.78, 5) is 0. The van der Waals surface area contributed by atoms with Gasteiger partial charge in [0.25, 0.3) is 0 Å². The summed E-state index contributed by atoms with van der Waals surface area (Å²) in [6.07, 6.45) is 0. The molecule has 1 rings (SSSR count). The third-order valence-corrected chi connectivity index (χ3v) is 3.91. The third-order valence-electron chi connectivity index (χ3n) is 2.53. The SMILES string of the molecule is CC(C)C(CO)NS(=O)(=O)Cc1ccccc1. The molecule has 0 fully saturated rings. The molecule has 1 aromatic carbocycles. The zero-order valence-electron chi connectivity index (χ0n) is 10.1. The highest BCUT2D eigenvalue weighted by Gasteiger charge is 2.20. The van der Waals surface area contributed by atoms with Crippen LogP contribution in [0, 0.1) is 5.92 Å². The normalized spacial score (nSPS) is 13.9. The predicted octanol–water partition coefficient (Wildman–Crippen LogP) is 1.12. The van der Waals surface area contributed by atoms with E-state index in [4.69, 9.17) is 5.11 Å². The molecule has 1 atom stereocenters. The molecule has 17 heavy (non-hydrogen) atoms. The fourth-order valence-electron chi connectivity index (χ4n) is 1.45. The van der Waals surface area contributed by atoms with Gasteiger partial charge in [0.15, 0.2) is 0 Å². The molecule has 0 saturated heterocycles. The molecule has 1 unspecified atom stereocenters. The summed E-state index contributed by atoms with van der Waals surface area (Å²) in [5.41, 5.74) is 0.737. The molecule has 0 radical (unpaired) electrons. The van der Waals surface area contributed by atoms with Gasteiger partial charge in [-0.15, -0.1) is 0 Å². The Bertz CT molecular complexity index is 428. The highest BCUT2D eigenvalue weighted by atomic mass is 32.2. The minimum absolute atomic E-state index is 0.0585. The van der Waals surface area contributed by atoms with Crippen molar-refractivity contribution in [3.8, 4) is 0 Å². The van der Waals surface area contributed by atoms with E-state index in [0.717, 1.165) is 5.56 Å². The smallest absolute Gasteiger partial charge is 0.216 e. The van der Waals surface area contributed by atoms with Gasteiger partial charge >= 0.3 is 0 Å².